The van der Waals surface area contributed by atoms with Crippen LogP contribution in [-0.2, 0) is 0 Å². The van der Waals surface area contributed by atoms with Crippen LogP contribution in [0, 0.1) is 23.0 Å². The summed E-state index contributed by atoms with van der Waals surface area (Å²) in [4.78, 5) is 11.9. The highest BCUT2D eigenvalue weighted by Gasteiger charge is 2.23. The minimum Gasteiger partial charge on any atom is -0.393 e. The lowest BCUT2D eigenvalue weighted by atomic mass is 9.93. The summed E-state index contributed by atoms with van der Waals surface area (Å²) >= 11 is 0. The molecule has 1 amide bonds. The Balaban J connectivity index is 2.11. The predicted molar refractivity (Wildman–Crippen MR) is 66.8 cm³/mol. The number of halogens is 2. The van der Waals surface area contributed by atoms with Gasteiger partial charge in [-0.1, -0.05) is 0 Å². The van der Waals surface area contributed by atoms with Crippen LogP contribution < -0.4 is 5.32 Å². The van der Waals surface area contributed by atoms with E-state index in [1.165, 1.54) is 0 Å². The molecule has 1 aromatic carbocycles. The molecule has 0 aromatic heterocycles. The van der Waals surface area contributed by atoms with Crippen LogP contribution in [0.4, 0.5) is 8.78 Å². The van der Waals surface area contributed by atoms with Crippen molar-refractivity contribution < 1.29 is 18.7 Å². The van der Waals surface area contributed by atoms with Crippen LogP contribution in [0.25, 0.3) is 0 Å². The van der Waals surface area contributed by atoms with Crippen molar-refractivity contribution in [3.8, 4) is 6.07 Å². The maximum absolute atomic E-state index is 13.6. The molecule has 4 nitrogen and oxygen atoms in total. The van der Waals surface area contributed by atoms with Gasteiger partial charge in [0, 0.05) is 12.1 Å². The Bertz CT molecular complexity index is 561. The van der Waals surface area contributed by atoms with E-state index in [0.29, 0.717) is 31.7 Å². The summed E-state index contributed by atoms with van der Waals surface area (Å²) in [7, 11) is 0. The smallest absolute Gasteiger partial charge is 0.254 e. The summed E-state index contributed by atoms with van der Waals surface area (Å²) in [5, 5.41) is 20.7. The first-order chi connectivity index (χ1) is 9.51. The number of carbonyl (C=O) groups excluding carboxylic acids is 1. The van der Waals surface area contributed by atoms with Crippen molar-refractivity contribution in [2.45, 2.75) is 37.8 Å². The van der Waals surface area contributed by atoms with E-state index in [9.17, 15) is 18.7 Å². The van der Waals surface area contributed by atoms with Gasteiger partial charge < -0.3 is 10.4 Å². The third-order valence-electron chi connectivity index (χ3n) is 3.45. The monoisotopic (exact) mass is 280 g/mol. The molecule has 6 heteroatoms. The fourth-order valence-electron chi connectivity index (χ4n) is 2.29. The van der Waals surface area contributed by atoms with E-state index in [-0.39, 0.29) is 23.3 Å². The number of hydrogen-bond donors (Lipinski definition) is 2. The van der Waals surface area contributed by atoms with Crippen molar-refractivity contribution in [1.82, 2.24) is 5.32 Å². The molecule has 1 fully saturated rings. The molecule has 0 unspecified atom stereocenters. The first kappa shape index (κ1) is 14.4. The molecule has 0 saturated heterocycles. The molecule has 0 heterocycles. The molecule has 0 radical (unpaired) electrons. The molecule has 1 saturated carbocycles. The molecule has 1 aromatic rings. The van der Waals surface area contributed by atoms with Gasteiger partial charge in [-0.2, -0.15) is 5.26 Å². The summed E-state index contributed by atoms with van der Waals surface area (Å²) < 4.78 is 26.8. The van der Waals surface area contributed by atoms with Gasteiger partial charge in [0.1, 0.15) is 17.7 Å². The van der Waals surface area contributed by atoms with Crippen molar-refractivity contribution in [3.63, 3.8) is 0 Å². The topological polar surface area (TPSA) is 73.1 Å². The zero-order valence-corrected chi connectivity index (χ0v) is 10.7. The number of carbonyl (C=O) groups is 1. The van der Waals surface area contributed by atoms with Crippen LogP contribution in [0.3, 0.4) is 0 Å². The van der Waals surface area contributed by atoms with Gasteiger partial charge in [-0.15, -0.1) is 0 Å². The molecule has 0 spiro atoms. The molecule has 20 heavy (non-hydrogen) atoms. The number of hydrogen-bond acceptors (Lipinski definition) is 3. The van der Waals surface area contributed by atoms with Crippen molar-refractivity contribution in [2.24, 2.45) is 0 Å². The zero-order chi connectivity index (χ0) is 14.7. The molecule has 2 N–H and O–H groups in total. The Hall–Kier alpha value is -2.00. The SMILES string of the molecule is N#Cc1cc(C(=O)N[C@H]2CC[C@H](O)CC2)c(F)cc1F. The summed E-state index contributed by atoms with van der Waals surface area (Å²) in [6.45, 7) is 0. The van der Waals surface area contributed by atoms with Crippen LogP contribution in [0.1, 0.15) is 41.6 Å². The largest absolute Gasteiger partial charge is 0.393 e. The molecule has 1 aliphatic carbocycles. The lowest BCUT2D eigenvalue weighted by Crippen LogP contribution is -2.39. The Morgan fingerprint density at radius 2 is 1.90 bits per heavy atom. The van der Waals surface area contributed by atoms with Gasteiger partial charge in [0.15, 0.2) is 0 Å². The van der Waals surface area contributed by atoms with Crippen molar-refractivity contribution in [2.75, 3.05) is 0 Å². The molecule has 0 aliphatic heterocycles. The fraction of sp³-hybridized carbons (Fsp3) is 0.429. The van der Waals surface area contributed by atoms with Crippen LogP contribution in [-0.4, -0.2) is 23.2 Å². The second-order valence-corrected chi connectivity index (χ2v) is 4.90. The quantitative estimate of drug-likeness (QED) is 0.868. The minimum atomic E-state index is -0.991. The Labute approximate surface area is 115 Å². The summed E-state index contributed by atoms with van der Waals surface area (Å²) in [6, 6.07) is 2.89. The van der Waals surface area contributed by atoms with Crippen molar-refractivity contribution in [3.05, 3.63) is 34.9 Å². The molecular formula is C14H14F2N2O2. The highest BCUT2D eigenvalue weighted by Crippen LogP contribution is 2.20. The summed E-state index contributed by atoms with van der Waals surface area (Å²) in [5.41, 5.74) is -0.704. The van der Waals surface area contributed by atoms with E-state index in [1.54, 1.807) is 6.07 Å². The van der Waals surface area contributed by atoms with Gasteiger partial charge in [0.25, 0.3) is 5.91 Å². The van der Waals surface area contributed by atoms with Gasteiger partial charge in [0.2, 0.25) is 0 Å². The van der Waals surface area contributed by atoms with E-state index in [1.807, 2.05) is 0 Å². The number of amides is 1. The summed E-state index contributed by atoms with van der Waals surface area (Å²) in [5.74, 6) is -2.64. The molecule has 0 atom stereocenters. The second-order valence-electron chi connectivity index (χ2n) is 4.90. The lowest BCUT2D eigenvalue weighted by molar-refractivity contribution is 0.0864. The number of aliphatic hydroxyl groups is 1. The van der Waals surface area contributed by atoms with E-state index in [2.05, 4.69) is 5.32 Å². The van der Waals surface area contributed by atoms with Gasteiger partial charge in [-0.25, -0.2) is 8.78 Å². The number of nitrogens with one attached hydrogen (secondary N) is 1. The maximum Gasteiger partial charge on any atom is 0.254 e. The van der Waals surface area contributed by atoms with Crippen molar-refractivity contribution >= 4 is 5.91 Å². The second kappa shape index (κ2) is 5.97. The maximum atomic E-state index is 13.6. The number of nitriles is 1. The molecular weight excluding hydrogens is 266 g/mol. The van der Waals surface area contributed by atoms with E-state index < -0.39 is 17.5 Å². The average Bonchev–Trinajstić information content (AvgIpc) is 2.41. The van der Waals surface area contributed by atoms with Crippen LogP contribution in [0.2, 0.25) is 0 Å². The van der Waals surface area contributed by atoms with Gasteiger partial charge in [0.05, 0.1) is 17.2 Å². The average molecular weight is 280 g/mol. The predicted octanol–water partition coefficient (Wildman–Crippen LogP) is 1.87. The standard InChI is InChI=1S/C14H14F2N2O2/c15-12-6-13(16)11(5-8(12)7-17)14(20)18-9-1-3-10(19)4-2-9/h5-6,9-10,19H,1-4H2,(H,18,20)/t9-,10-. The molecule has 106 valence electrons. The lowest BCUT2D eigenvalue weighted by Gasteiger charge is -2.26. The Morgan fingerprint density at radius 3 is 2.50 bits per heavy atom. The highest BCUT2D eigenvalue weighted by atomic mass is 19.1. The fourth-order valence-corrected chi connectivity index (χ4v) is 2.29. The molecule has 1 aliphatic rings. The third kappa shape index (κ3) is 3.11. The highest BCUT2D eigenvalue weighted by molar-refractivity contribution is 5.95. The van der Waals surface area contributed by atoms with Crippen LogP contribution in [0.15, 0.2) is 12.1 Å². The van der Waals surface area contributed by atoms with Gasteiger partial charge >= 0.3 is 0 Å². The van der Waals surface area contributed by atoms with E-state index in [0.717, 1.165) is 6.07 Å². The summed E-state index contributed by atoms with van der Waals surface area (Å²) in [6.07, 6.45) is 2.04. The van der Waals surface area contributed by atoms with Gasteiger partial charge in [-0.05, 0) is 31.7 Å². The normalized spacial score (nSPS) is 22.1. The number of rotatable bonds is 2. The third-order valence-corrected chi connectivity index (χ3v) is 3.45. The number of aliphatic hydroxyl groups excluding tert-OH is 1. The zero-order valence-electron chi connectivity index (χ0n) is 10.7. The first-order valence-electron chi connectivity index (χ1n) is 6.39. The van der Waals surface area contributed by atoms with Crippen LogP contribution >= 0.6 is 0 Å². The Morgan fingerprint density at radius 1 is 1.25 bits per heavy atom. The van der Waals surface area contributed by atoms with Crippen molar-refractivity contribution in [1.29, 1.82) is 5.26 Å². The number of benzene rings is 1. The molecule has 0 bridgehead atoms. The Kier molecular flexibility index (Phi) is 4.30. The van der Waals surface area contributed by atoms with E-state index in [4.69, 9.17) is 5.26 Å². The first-order valence-corrected chi connectivity index (χ1v) is 6.39. The van der Waals surface area contributed by atoms with Crippen LogP contribution in [0.5, 0.6) is 0 Å². The van der Waals surface area contributed by atoms with Gasteiger partial charge in [-0.3, -0.25) is 4.79 Å². The minimum absolute atomic E-state index is 0.138. The van der Waals surface area contributed by atoms with E-state index >= 15 is 0 Å². The molecule has 2 rings (SSSR count). The number of nitrogens with zero attached hydrogens (tertiary/aromatic N) is 1.